The van der Waals surface area contributed by atoms with Crippen LogP contribution in [0.2, 0.25) is 0 Å². The van der Waals surface area contributed by atoms with E-state index in [0.717, 1.165) is 10.7 Å². The van der Waals surface area contributed by atoms with Crippen molar-refractivity contribution in [2.24, 2.45) is 0 Å². The fourth-order valence-electron chi connectivity index (χ4n) is 2.55. The van der Waals surface area contributed by atoms with Gasteiger partial charge in [-0.3, -0.25) is 24.3 Å². The van der Waals surface area contributed by atoms with Crippen molar-refractivity contribution in [2.45, 2.75) is 6.54 Å². The number of nitrogens with zero attached hydrogens (tertiary/aromatic N) is 1. The summed E-state index contributed by atoms with van der Waals surface area (Å²) in [4.78, 5) is 48.1. The molecule has 0 radical (unpaired) electrons. The van der Waals surface area contributed by atoms with Crippen molar-refractivity contribution in [3.63, 3.8) is 0 Å². The van der Waals surface area contributed by atoms with E-state index >= 15 is 0 Å². The lowest BCUT2D eigenvalue weighted by molar-refractivity contribution is -0.124. The fourth-order valence-corrected chi connectivity index (χ4v) is 2.55. The molecule has 1 heterocycles. The minimum atomic E-state index is -1.74. The number of carbonyl (C=O) groups is 2. The third kappa shape index (κ3) is 4.18. The SMILES string of the molecule is O=C(Cn1[nH]c(=O)c2ccccc2c1=O)NCC(=O)Nc1ccc(F)c(F)c1F. The summed E-state index contributed by atoms with van der Waals surface area (Å²) in [6, 6.07) is 7.51. The van der Waals surface area contributed by atoms with Gasteiger partial charge in [-0.1, -0.05) is 12.1 Å². The molecule has 29 heavy (non-hydrogen) atoms. The van der Waals surface area contributed by atoms with E-state index in [-0.39, 0.29) is 10.8 Å². The first-order chi connectivity index (χ1) is 13.8. The molecule has 0 aliphatic carbocycles. The summed E-state index contributed by atoms with van der Waals surface area (Å²) in [6.45, 7) is -1.21. The Labute approximate surface area is 159 Å². The molecule has 3 rings (SSSR count). The van der Waals surface area contributed by atoms with Gasteiger partial charge in [-0.2, -0.15) is 0 Å². The van der Waals surface area contributed by atoms with Gasteiger partial charge in [-0.15, -0.1) is 0 Å². The van der Waals surface area contributed by atoms with Gasteiger partial charge < -0.3 is 10.6 Å². The molecule has 0 bridgehead atoms. The Morgan fingerprint density at radius 3 is 2.34 bits per heavy atom. The second-order valence-corrected chi connectivity index (χ2v) is 5.93. The zero-order valence-corrected chi connectivity index (χ0v) is 14.6. The summed E-state index contributed by atoms with van der Waals surface area (Å²) < 4.78 is 40.3. The number of amides is 2. The number of aromatic nitrogens is 2. The number of halogens is 3. The summed E-state index contributed by atoms with van der Waals surface area (Å²) in [5.74, 6) is -6.44. The van der Waals surface area contributed by atoms with E-state index in [1.54, 1.807) is 12.1 Å². The van der Waals surface area contributed by atoms with Crippen LogP contribution < -0.4 is 21.8 Å². The maximum absolute atomic E-state index is 13.5. The molecule has 11 heteroatoms. The fraction of sp³-hybridized carbons (Fsp3) is 0.111. The van der Waals surface area contributed by atoms with Crippen molar-refractivity contribution < 1.29 is 22.8 Å². The molecule has 2 aromatic carbocycles. The van der Waals surface area contributed by atoms with Crippen molar-refractivity contribution in [1.29, 1.82) is 0 Å². The van der Waals surface area contributed by atoms with Crippen molar-refractivity contribution in [3.05, 3.63) is 74.6 Å². The number of H-pyrrole nitrogens is 1. The van der Waals surface area contributed by atoms with Crippen LogP contribution in [0.3, 0.4) is 0 Å². The zero-order valence-electron chi connectivity index (χ0n) is 14.6. The molecule has 3 N–H and O–H groups in total. The largest absolute Gasteiger partial charge is 0.345 e. The number of hydrogen-bond donors (Lipinski definition) is 3. The Bertz CT molecular complexity index is 1240. The topological polar surface area (TPSA) is 113 Å². The van der Waals surface area contributed by atoms with Crippen LogP contribution in [-0.2, 0) is 16.1 Å². The molecule has 0 aliphatic heterocycles. The number of fused-ring (bicyclic) bond motifs is 1. The standard InChI is InChI=1S/C18H13F3N4O4/c19-11-5-6-12(16(21)15(11)20)23-13(26)7-22-14(27)8-25-18(29)10-4-2-1-3-9(10)17(28)24-25/h1-6H,7-8H2,(H,22,27)(H,23,26)(H,24,28). The second kappa shape index (κ2) is 8.00. The monoisotopic (exact) mass is 406 g/mol. The molecule has 0 aliphatic rings. The van der Waals surface area contributed by atoms with Gasteiger partial charge in [0.15, 0.2) is 17.5 Å². The van der Waals surface area contributed by atoms with Crippen LogP contribution in [0, 0.1) is 17.5 Å². The van der Waals surface area contributed by atoms with E-state index in [1.165, 1.54) is 12.1 Å². The second-order valence-electron chi connectivity index (χ2n) is 5.93. The Hall–Kier alpha value is -3.89. The molecule has 1 aromatic heterocycles. The highest BCUT2D eigenvalue weighted by Gasteiger charge is 2.16. The Morgan fingerprint density at radius 1 is 0.931 bits per heavy atom. The molecule has 150 valence electrons. The Kier molecular flexibility index (Phi) is 5.48. The van der Waals surface area contributed by atoms with Crippen LogP contribution in [-0.4, -0.2) is 28.1 Å². The minimum absolute atomic E-state index is 0.121. The molecule has 3 aromatic rings. The first-order valence-corrected chi connectivity index (χ1v) is 8.20. The van der Waals surface area contributed by atoms with E-state index < -0.39 is 59.2 Å². The van der Waals surface area contributed by atoms with Crippen LogP contribution in [0.4, 0.5) is 18.9 Å². The molecular weight excluding hydrogens is 393 g/mol. The number of hydrogen-bond acceptors (Lipinski definition) is 4. The summed E-state index contributed by atoms with van der Waals surface area (Å²) in [6.07, 6.45) is 0. The average Bonchev–Trinajstić information content (AvgIpc) is 2.71. The number of aromatic amines is 1. The van der Waals surface area contributed by atoms with Crippen LogP contribution >= 0.6 is 0 Å². The van der Waals surface area contributed by atoms with Gasteiger partial charge in [-0.05, 0) is 24.3 Å². The number of carbonyl (C=O) groups excluding carboxylic acids is 2. The maximum Gasteiger partial charge on any atom is 0.273 e. The molecular formula is C18H13F3N4O4. The molecule has 0 fully saturated rings. The lowest BCUT2D eigenvalue weighted by Crippen LogP contribution is -2.39. The van der Waals surface area contributed by atoms with Crippen molar-refractivity contribution in [1.82, 2.24) is 15.1 Å². The quantitative estimate of drug-likeness (QED) is 0.546. The highest BCUT2D eigenvalue weighted by Crippen LogP contribution is 2.19. The summed E-state index contributed by atoms with van der Waals surface area (Å²) in [5, 5.41) is 6.69. The smallest absolute Gasteiger partial charge is 0.273 e. The minimum Gasteiger partial charge on any atom is -0.345 e. The van der Waals surface area contributed by atoms with Crippen LogP contribution in [0.15, 0.2) is 46.0 Å². The van der Waals surface area contributed by atoms with E-state index in [2.05, 4.69) is 10.4 Å². The summed E-state index contributed by atoms with van der Waals surface area (Å²) in [5.41, 5.74) is -1.78. The van der Waals surface area contributed by atoms with E-state index in [9.17, 15) is 32.3 Å². The molecule has 0 spiro atoms. The molecule has 2 amide bonds. The third-order valence-corrected chi connectivity index (χ3v) is 3.94. The molecule has 0 saturated carbocycles. The third-order valence-electron chi connectivity index (χ3n) is 3.94. The first kappa shape index (κ1) is 19.9. The molecule has 0 atom stereocenters. The molecule has 0 saturated heterocycles. The highest BCUT2D eigenvalue weighted by atomic mass is 19.2. The normalized spacial score (nSPS) is 10.7. The van der Waals surface area contributed by atoms with Gasteiger partial charge in [-0.25, -0.2) is 17.9 Å². The van der Waals surface area contributed by atoms with Gasteiger partial charge in [0.05, 0.1) is 23.0 Å². The maximum atomic E-state index is 13.5. The molecule has 8 nitrogen and oxygen atoms in total. The van der Waals surface area contributed by atoms with Gasteiger partial charge in [0.1, 0.15) is 6.54 Å². The Balaban J connectivity index is 1.65. The summed E-state index contributed by atoms with van der Waals surface area (Å²) in [7, 11) is 0. The predicted molar refractivity (Wildman–Crippen MR) is 96.8 cm³/mol. The van der Waals surface area contributed by atoms with Gasteiger partial charge in [0, 0.05) is 0 Å². The van der Waals surface area contributed by atoms with Gasteiger partial charge in [0.25, 0.3) is 11.1 Å². The van der Waals surface area contributed by atoms with E-state index in [0.29, 0.717) is 6.07 Å². The van der Waals surface area contributed by atoms with Crippen LogP contribution in [0.25, 0.3) is 10.8 Å². The van der Waals surface area contributed by atoms with Crippen LogP contribution in [0.1, 0.15) is 0 Å². The van der Waals surface area contributed by atoms with E-state index in [4.69, 9.17) is 0 Å². The zero-order chi connectivity index (χ0) is 21.1. The number of rotatable bonds is 5. The van der Waals surface area contributed by atoms with Crippen LogP contribution in [0.5, 0.6) is 0 Å². The number of benzene rings is 2. The number of nitrogens with one attached hydrogen (secondary N) is 3. The van der Waals surface area contributed by atoms with Crippen molar-refractivity contribution in [2.75, 3.05) is 11.9 Å². The summed E-state index contributed by atoms with van der Waals surface area (Å²) >= 11 is 0. The lowest BCUT2D eigenvalue weighted by Gasteiger charge is -2.10. The first-order valence-electron chi connectivity index (χ1n) is 8.20. The van der Waals surface area contributed by atoms with Crippen molar-refractivity contribution in [3.8, 4) is 0 Å². The van der Waals surface area contributed by atoms with Gasteiger partial charge in [0.2, 0.25) is 11.8 Å². The van der Waals surface area contributed by atoms with E-state index in [1.807, 2.05) is 5.32 Å². The predicted octanol–water partition coefficient (Wildman–Crippen LogP) is 0.862. The van der Waals surface area contributed by atoms with Crippen molar-refractivity contribution >= 4 is 28.3 Å². The highest BCUT2D eigenvalue weighted by molar-refractivity contribution is 5.94. The average molecular weight is 406 g/mol. The lowest BCUT2D eigenvalue weighted by atomic mass is 10.2. The number of anilines is 1. The molecule has 0 unspecified atom stereocenters. The van der Waals surface area contributed by atoms with Gasteiger partial charge >= 0.3 is 0 Å². The Morgan fingerprint density at radius 2 is 1.62 bits per heavy atom.